The third-order valence-electron chi connectivity index (χ3n) is 4.08. The van der Waals surface area contributed by atoms with Crippen molar-refractivity contribution in [1.82, 2.24) is 10.8 Å². The summed E-state index contributed by atoms with van der Waals surface area (Å²) in [6.45, 7) is 4.07. The molecule has 0 spiro atoms. The highest BCUT2D eigenvalue weighted by atomic mass is 32.2. The van der Waals surface area contributed by atoms with Crippen LogP contribution < -0.4 is 10.8 Å². The van der Waals surface area contributed by atoms with E-state index in [1.807, 2.05) is 19.1 Å². The molecular weight excluding hydrogens is 372 g/mol. The number of hydrogen-bond acceptors (Lipinski definition) is 4. The molecular formula is C22H24N2O3S. The van der Waals surface area contributed by atoms with Gasteiger partial charge in [0.2, 0.25) is 0 Å². The lowest BCUT2D eigenvalue weighted by molar-refractivity contribution is -0.130. The molecule has 1 atom stereocenters. The minimum atomic E-state index is -0.798. The average molecular weight is 397 g/mol. The fourth-order valence-electron chi connectivity index (χ4n) is 2.41. The van der Waals surface area contributed by atoms with Crippen LogP contribution in [0.1, 0.15) is 40.9 Å². The molecule has 0 saturated carbocycles. The van der Waals surface area contributed by atoms with Gasteiger partial charge < -0.3 is 5.32 Å². The first-order valence-corrected chi connectivity index (χ1v) is 10.3. The Bertz CT molecular complexity index is 852. The molecule has 0 aliphatic carbocycles. The number of aryl methyl sites for hydroxylation is 1. The van der Waals surface area contributed by atoms with E-state index in [1.165, 1.54) is 17.3 Å². The Labute approximate surface area is 169 Å². The lowest BCUT2D eigenvalue weighted by Crippen LogP contribution is -2.47. The number of nitrogens with one attached hydrogen (secondary N) is 2. The summed E-state index contributed by atoms with van der Waals surface area (Å²) in [4.78, 5) is 24.1. The maximum absolute atomic E-state index is 12.4. The van der Waals surface area contributed by atoms with Gasteiger partial charge in [0.1, 0.15) is 6.04 Å². The summed E-state index contributed by atoms with van der Waals surface area (Å²) in [5.74, 6) is 6.36. The van der Waals surface area contributed by atoms with Crippen LogP contribution in [0.3, 0.4) is 0 Å². The second-order valence-corrected chi connectivity index (χ2v) is 7.36. The number of hydroxylamine groups is 1. The third-order valence-corrected chi connectivity index (χ3v) is 5.06. The van der Waals surface area contributed by atoms with Crippen molar-refractivity contribution in [3.63, 3.8) is 0 Å². The average Bonchev–Trinajstić information content (AvgIpc) is 2.75. The molecule has 6 heteroatoms. The van der Waals surface area contributed by atoms with Crippen molar-refractivity contribution in [2.24, 2.45) is 0 Å². The number of rotatable bonds is 7. The number of amides is 2. The van der Waals surface area contributed by atoms with Crippen LogP contribution in [0.2, 0.25) is 0 Å². The SMILES string of the molecule is CCSCC(NC(=O)c1ccc(C#Cc2ccc(CC)cc2)cc1)C(=O)NO. The molecule has 28 heavy (non-hydrogen) atoms. The molecule has 146 valence electrons. The van der Waals surface area contributed by atoms with Gasteiger partial charge in [-0.05, 0) is 54.1 Å². The van der Waals surface area contributed by atoms with Gasteiger partial charge in [-0.1, -0.05) is 37.8 Å². The number of carbonyl (C=O) groups excluding carboxylic acids is 2. The lowest BCUT2D eigenvalue weighted by atomic mass is 10.1. The Morgan fingerprint density at radius 2 is 1.57 bits per heavy atom. The van der Waals surface area contributed by atoms with E-state index < -0.39 is 11.9 Å². The van der Waals surface area contributed by atoms with E-state index in [9.17, 15) is 9.59 Å². The fraction of sp³-hybridized carbons (Fsp3) is 0.273. The Balaban J connectivity index is 2.03. The van der Waals surface area contributed by atoms with Gasteiger partial charge in [-0.15, -0.1) is 0 Å². The minimum Gasteiger partial charge on any atom is -0.339 e. The molecule has 2 amide bonds. The Morgan fingerprint density at radius 1 is 1.00 bits per heavy atom. The summed E-state index contributed by atoms with van der Waals surface area (Å²) in [5, 5.41) is 11.5. The van der Waals surface area contributed by atoms with Gasteiger partial charge in [-0.3, -0.25) is 14.8 Å². The predicted molar refractivity (Wildman–Crippen MR) is 112 cm³/mol. The molecule has 2 rings (SSSR count). The van der Waals surface area contributed by atoms with Crippen molar-refractivity contribution in [3.05, 3.63) is 70.8 Å². The zero-order valence-corrected chi connectivity index (χ0v) is 16.8. The van der Waals surface area contributed by atoms with Gasteiger partial charge in [0.15, 0.2) is 0 Å². The molecule has 0 bridgehead atoms. The molecule has 2 aromatic rings. The molecule has 0 saturated heterocycles. The van der Waals surface area contributed by atoms with Gasteiger partial charge in [0, 0.05) is 22.4 Å². The van der Waals surface area contributed by atoms with Gasteiger partial charge in [0.05, 0.1) is 0 Å². The molecule has 0 aliphatic heterocycles. The van der Waals surface area contributed by atoms with E-state index in [-0.39, 0.29) is 5.91 Å². The van der Waals surface area contributed by atoms with E-state index in [1.54, 1.807) is 29.7 Å². The van der Waals surface area contributed by atoms with Crippen LogP contribution >= 0.6 is 11.8 Å². The summed E-state index contributed by atoms with van der Waals surface area (Å²) >= 11 is 1.50. The molecule has 0 radical (unpaired) electrons. The number of carbonyl (C=O) groups is 2. The van der Waals surface area contributed by atoms with Crippen molar-refractivity contribution in [2.75, 3.05) is 11.5 Å². The van der Waals surface area contributed by atoms with Gasteiger partial charge >= 0.3 is 0 Å². The van der Waals surface area contributed by atoms with E-state index in [0.717, 1.165) is 23.3 Å². The highest BCUT2D eigenvalue weighted by Crippen LogP contribution is 2.08. The fourth-order valence-corrected chi connectivity index (χ4v) is 3.12. The quantitative estimate of drug-likeness (QED) is 0.382. The lowest BCUT2D eigenvalue weighted by Gasteiger charge is -2.16. The molecule has 2 aromatic carbocycles. The smallest absolute Gasteiger partial charge is 0.266 e. The minimum absolute atomic E-state index is 0.375. The van der Waals surface area contributed by atoms with E-state index in [0.29, 0.717) is 11.3 Å². The topological polar surface area (TPSA) is 78.4 Å². The van der Waals surface area contributed by atoms with Crippen molar-refractivity contribution >= 4 is 23.6 Å². The maximum Gasteiger partial charge on any atom is 0.266 e. The van der Waals surface area contributed by atoms with E-state index in [4.69, 9.17) is 5.21 Å². The van der Waals surface area contributed by atoms with Crippen LogP contribution in [0.25, 0.3) is 0 Å². The van der Waals surface area contributed by atoms with Gasteiger partial charge in [-0.2, -0.15) is 11.8 Å². The maximum atomic E-state index is 12.4. The molecule has 1 unspecified atom stereocenters. The number of benzene rings is 2. The number of thioether (sulfide) groups is 1. The standard InChI is InChI=1S/C22H24N2O3S/c1-3-16-5-7-17(8-6-16)9-10-18-11-13-19(14-12-18)21(25)23-20(15-28-4-2)22(26)24-27/h5-8,11-14,20,27H,3-4,15H2,1-2H3,(H,23,25)(H,24,26). The Kier molecular flexibility index (Phi) is 8.60. The first-order chi connectivity index (χ1) is 13.6. The Morgan fingerprint density at radius 3 is 2.07 bits per heavy atom. The number of hydrogen-bond donors (Lipinski definition) is 3. The van der Waals surface area contributed by atoms with Crippen molar-refractivity contribution in [2.45, 2.75) is 26.3 Å². The molecule has 0 heterocycles. The van der Waals surface area contributed by atoms with Crippen molar-refractivity contribution in [1.29, 1.82) is 0 Å². The zero-order valence-electron chi connectivity index (χ0n) is 16.0. The third kappa shape index (κ3) is 6.45. The van der Waals surface area contributed by atoms with Crippen LogP contribution in [-0.4, -0.2) is 34.6 Å². The molecule has 3 N–H and O–H groups in total. The normalized spacial score (nSPS) is 11.1. The van der Waals surface area contributed by atoms with E-state index >= 15 is 0 Å². The van der Waals surface area contributed by atoms with Crippen molar-refractivity contribution in [3.8, 4) is 11.8 Å². The zero-order chi connectivity index (χ0) is 20.4. The Hall–Kier alpha value is -2.75. The van der Waals surface area contributed by atoms with Gasteiger partial charge in [-0.25, -0.2) is 5.48 Å². The summed E-state index contributed by atoms with van der Waals surface area (Å²) in [7, 11) is 0. The summed E-state index contributed by atoms with van der Waals surface area (Å²) in [5.41, 5.74) is 5.02. The first kappa shape index (κ1) is 21.5. The van der Waals surface area contributed by atoms with Crippen molar-refractivity contribution < 1.29 is 14.8 Å². The monoisotopic (exact) mass is 396 g/mol. The second kappa shape index (κ2) is 11.2. The largest absolute Gasteiger partial charge is 0.339 e. The van der Waals surface area contributed by atoms with Crippen LogP contribution in [-0.2, 0) is 11.2 Å². The van der Waals surface area contributed by atoms with Gasteiger partial charge in [0.25, 0.3) is 11.8 Å². The molecule has 0 aromatic heterocycles. The van der Waals surface area contributed by atoms with E-state index in [2.05, 4.69) is 36.2 Å². The second-order valence-electron chi connectivity index (χ2n) is 6.04. The highest BCUT2D eigenvalue weighted by molar-refractivity contribution is 7.99. The van der Waals surface area contributed by atoms with Crippen LogP contribution in [0.15, 0.2) is 48.5 Å². The summed E-state index contributed by atoms with van der Waals surface area (Å²) in [6, 6.07) is 14.2. The first-order valence-electron chi connectivity index (χ1n) is 9.11. The summed E-state index contributed by atoms with van der Waals surface area (Å²) < 4.78 is 0. The summed E-state index contributed by atoms with van der Waals surface area (Å²) in [6.07, 6.45) is 0.995. The highest BCUT2D eigenvalue weighted by Gasteiger charge is 2.20. The van der Waals surface area contributed by atoms with Crippen LogP contribution in [0, 0.1) is 11.8 Å². The molecule has 0 aliphatic rings. The molecule has 0 fully saturated rings. The predicted octanol–water partition coefficient (Wildman–Crippen LogP) is 3.01. The van der Waals surface area contributed by atoms with Crippen LogP contribution in [0.4, 0.5) is 0 Å². The molecule has 5 nitrogen and oxygen atoms in total. The van der Waals surface area contributed by atoms with Crippen LogP contribution in [0.5, 0.6) is 0 Å².